The number of rotatable bonds is 9. The highest BCUT2D eigenvalue weighted by Crippen LogP contribution is 2.17. The Balaban J connectivity index is 1.99. The molecule has 1 unspecified atom stereocenters. The smallest absolute Gasteiger partial charge is 0.251 e. The van der Waals surface area contributed by atoms with Gasteiger partial charge in [-0.3, -0.25) is 14.4 Å². The monoisotopic (exact) mass is 426 g/mol. The fourth-order valence-corrected chi connectivity index (χ4v) is 4.09. The van der Waals surface area contributed by atoms with Crippen LogP contribution in [0.1, 0.15) is 23.2 Å². The van der Waals surface area contributed by atoms with Crippen molar-refractivity contribution in [3.63, 3.8) is 0 Å². The summed E-state index contributed by atoms with van der Waals surface area (Å²) in [6.07, 6.45) is 1.29. The summed E-state index contributed by atoms with van der Waals surface area (Å²) in [7, 11) is -0.814. The largest absolute Gasteiger partial charge is 0.383 e. The molecule has 160 valence electrons. The van der Waals surface area contributed by atoms with E-state index in [4.69, 9.17) is 4.74 Å². The average molecular weight is 426 g/mol. The van der Waals surface area contributed by atoms with Gasteiger partial charge in [-0.2, -0.15) is 0 Å². The minimum Gasteiger partial charge on any atom is -0.383 e. The molecule has 0 aromatic heterocycles. The van der Waals surface area contributed by atoms with Crippen LogP contribution in [0.25, 0.3) is 0 Å². The van der Waals surface area contributed by atoms with Gasteiger partial charge >= 0.3 is 0 Å². The third kappa shape index (κ3) is 5.99. The fourth-order valence-electron chi connectivity index (χ4n) is 3.03. The van der Waals surface area contributed by atoms with E-state index < -0.39 is 22.0 Å². The number of likely N-dealkylation sites (N-methyl/N-ethyl adjacent to an activating group) is 1. The van der Waals surface area contributed by atoms with Crippen LogP contribution in [0.15, 0.2) is 29.2 Å². The summed E-state index contributed by atoms with van der Waals surface area (Å²) >= 11 is 0. The Kier molecular flexibility index (Phi) is 8.11. The topological polar surface area (TPSA) is 134 Å². The molecule has 29 heavy (non-hydrogen) atoms. The van der Waals surface area contributed by atoms with Crippen LogP contribution in [0, 0.1) is 0 Å². The quantitative estimate of drug-likeness (QED) is 0.437. The number of nitrogens with one attached hydrogen (secondary N) is 3. The van der Waals surface area contributed by atoms with Crippen molar-refractivity contribution in [2.75, 3.05) is 40.4 Å². The maximum absolute atomic E-state index is 12.4. The first kappa shape index (κ1) is 22.8. The van der Waals surface area contributed by atoms with E-state index in [2.05, 4.69) is 15.4 Å². The van der Waals surface area contributed by atoms with Crippen molar-refractivity contribution < 1.29 is 27.5 Å². The van der Waals surface area contributed by atoms with Crippen LogP contribution in [0.4, 0.5) is 0 Å². The first-order chi connectivity index (χ1) is 13.8. The molecule has 1 aliphatic heterocycles. The van der Waals surface area contributed by atoms with Crippen molar-refractivity contribution in [1.82, 2.24) is 20.3 Å². The van der Waals surface area contributed by atoms with Crippen LogP contribution in [0.5, 0.6) is 0 Å². The van der Waals surface area contributed by atoms with Crippen molar-refractivity contribution in [2.45, 2.75) is 23.8 Å². The van der Waals surface area contributed by atoms with E-state index in [-0.39, 0.29) is 42.0 Å². The molecular formula is C18H26N4O6S. The molecule has 0 bridgehead atoms. The zero-order chi connectivity index (χ0) is 21.4. The molecule has 2 rings (SSSR count). The molecule has 1 aliphatic rings. The second kappa shape index (κ2) is 10.3. The number of hydrogen-bond acceptors (Lipinski definition) is 6. The molecule has 0 aliphatic carbocycles. The number of benzene rings is 1. The number of carbonyl (C=O) groups excluding carboxylic acids is 3. The molecule has 3 N–H and O–H groups in total. The van der Waals surface area contributed by atoms with E-state index in [0.717, 1.165) is 0 Å². The molecule has 10 nitrogen and oxygen atoms in total. The summed E-state index contributed by atoms with van der Waals surface area (Å²) in [5, 5.41) is 5.02. The number of likely N-dealkylation sites (tertiary alicyclic amines) is 1. The van der Waals surface area contributed by atoms with Gasteiger partial charge in [-0.15, -0.1) is 0 Å². The Morgan fingerprint density at radius 3 is 2.72 bits per heavy atom. The summed E-state index contributed by atoms with van der Waals surface area (Å²) in [6.45, 7) is 0.490. The number of methoxy groups -OCH3 is 1. The standard InChI is InChI=1S/C18H26N4O6S/c1-19-18(25)15-7-4-9-22(15)16(23)12-20-17(24)13-5-3-6-14(11-13)29(26,27)21-8-10-28-2/h3,5-6,11,15,21H,4,7-10,12H2,1-2H3,(H,19,25)(H,20,24). The van der Waals surface area contributed by atoms with Crippen molar-refractivity contribution in [3.8, 4) is 0 Å². The second-order valence-corrected chi connectivity index (χ2v) is 8.23. The van der Waals surface area contributed by atoms with Gasteiger partial charge in [-0.25, -0.2) is 13.1 Å². The number of ether oxygens (including phenoxy) is 1. The van der Waals surface area contributed by atoms with Gasteiger partial charge < -0.3 is 20.3 Å². The molecule has 1 fully saturated rings. The molecular weight excluding hydrogens is 400 g/mol. The van der Waals surface area contributed by atoms with Crippen molar-refractivity contribution in [1.29, 1.82) is 0 Å². The molecule has 1 aromatic rings. The summed E-state index contributed by atoms with van der Waals surface area (Å²) in [6, 6.07) is 4.98. The highest BCUT2D eigenvalue weighted by molar-refractivity contribution is 7.89. The van der Waals surface area contributed by atoms with Gasteiger partial charge in [0, 0.05) is 32.8 Å². The Hall–Kier alpha value is -2.50. The van der Waals surface area contributed by atoms with Crippen LogP contribution >= 0.6 is 0 Å². The van der Waals surface area contributed by atoms with Crippen molar-refractivity contribution >= 4 is 27.7 Å². The van der Waals surface area contributed by atoms with E-state index in [1.54, 1.807) is 0 Å². The fraction of sp³-hybridized carbons (Fsp3) is 0.500. The number of carbonyl (C=O) groups is 3. The van der Waals surface area contributed by atoms with Gasteiger partial charge in [0.1, 0.15) is 6.04 Å². The predicted molar refractivity (Wildman–Crippen MR) is 105 cm³/mol. The molecule has 3 amide bonds. The lowest BCUT2D eigenvalue weighted by Crippen LogP contribution is -2.48. The summed E-state index contributed by atoms with van der Waals surface area (Å²) in [4.78, 5) is 38.0. The van der Waals surface area contributed by atoms with E-state index in [0.29, 0.717) is 19.4 Å². The third-order valence-corrected chi connectivity index (χ3v) is 5.99. The van der Waals surface area contributed by atoms with E-state index >= 15 is 0 Å². The first-order valence-electron chi connectivity index (χ1n) is 9.18. The lowest BCUT2D eigenvalue weighted by atomic mass is 10.2. The Morgan fingerprint density at radius 1 is 1.28 bits per heavy atom. The van der Waals surface area contributed by atoms with Gasteiger partial charge in [0.15, 0.2) is 0 Å². The molecule has 1 aromatic carbocycles. The molecule has 1 heterocycles. The average Bonchev–Trinajstić information content (AvgIpc) is 3.21. The van der Waals surface area contributed by atoms with Gasteiger partial charge in [-0.05, 0) is 31.0 Å². The molecule has 0 spiro atoms. The number of amides is 3. The minimum absolute atomic E-state index is 0.0631. The number of nitrogens with zero attached hydrogens (tertiary/aromatic N) is 1. The Morgan fingerprint density at radius 2 is 2.03 bits per heavy atom. The van der Waals surface area contributed by atoms with E-state index in [1.807, 2.05) is 0 Å². The lowest BCUT2D eigenvalue weighted by molar-refractivity contribution is -0.137. The van der Waals surface area contributed by atoms with Gasteiger partial charge in [0.25, 0.3) is 5.91 Å². The zero-order valence-electron chi connectivity index (χ0n) is 16.4. The van der Waals surface area contributed by atoms with E-state index in [1.165, 1.54) is 43.3 Å². The maximum Gasteiger partial charge on any atom is 0.251 e. The summed E-state index contributed by atoms with van der Waals surface area (Å²) in [5.74, 6) is -1.18. The lowest BCUT2D eigenvalue weighted by Gasteiger charge is -2.23. The van der Waals surface area contributed by atoms with Crippen LogP contribution in [0.3, 0.4) is 0 Å². The highest BCUT2D eigenvalue weighted by atomic mass is 32.2. The molecule has 0 saturated carbocycles. The molecule has 1 saturated heterocycles. The SMILES string of the molecule is CNC(=O)C1CCCN1C(=O)CNC(=O)c1cccc(S(=O)(=O)NCCOC)c1. The maximum atomic E-state index is 12.4. The Bertz CT molecular complexity index is 858. The van der Waals surface area contributed by atoms with E-state index in [9.17, 15) is 22.8 Å². The van der Waals surface area contributed by atoms with Crippen LogP contribution in [0.2, 0.25) is 0 Å². The minimum atomic E-state index is -3.78. The van der Waals surface area contributed by atoms with Crippen LogP contribution in [-0.4, -0.2) is 77.5 Å². The molecule has 1 atom stereocenters. The Labute approximate surface area is 170 Å². The van der Waals surface area contributed by atoms with Gasteiger partial charge in [0.2, 0.25) is 21.8 Å². The second-order valence-electron chi connectivity index (χ2n) is 6.46. The van der Waals surface area contributed by atoms with Crippen LogP contribution < -0.4 is 15.4 Å². The van der Waals surface area contributed by atoms with Gasteiger partial charge in [-0.1, -0.05) is 6.07 Å². The van der Waals surface area contributed by atoms with Gasteiger partial charge in [0.05, 0.1) is 18.0 Å². The zero-order valence-corrected chi connectivity index (χ0v) is 17.3. The van der Waals surface area contributed by atoms with Crippen LogP contribution in [-0.2, 0) is 24.3 Å². The predicted octanol–water partition coefficient (Wildman–Crippen LogP) is -0.922. The summed E-state index contributed by atoms with van der Waals surface area (Å²) in [5.41, 5.74) is 0.108. The molecule has 11 heteroatoms. The molecule has 0 radical (unpaired) electrons. The number of sulfonamides is 1. The normalized spacial score (nSPS) is 16.5. The third-order valence-electron chi connectivity index (χ3n) is 4.53. The highest BCUT2D eigenvalue weighted by Gasteiger charge is 2.33. The van der Waals surface area contributed by atoms with Crippen molar-refractivity contribution in [3.05, 3.63) is 29.8 Å². The summed E-state index contributed by atoms with van der Waals surface area (Å²) < 4.78 is 31.7. The van der Waals surface area contributed by atoms with Crippen molar-refractivity contribution in [2.24, 2.45) is 0 Å². The first-order valence-corrected chi connectivity index (χ1v) is 10.7. The number of hydrogen-bond donors (Lipinski definition) is 3.